The molecule has 1 amide bonds. The number of aromatic nitrogens is 1. The Morgan fingerprint density at radius 1 is 1.13 bits per heavy atom. The Labute approximate surface area is 232 Å². The van der Waals surface area contributed by atoms with Gasteiger partial charge in [-0.2, -0.15) is 0 Å². The minimum atomic E-state index is -0.343. The van der Waals surface area contributed by atoms with Crippen LogP contribution >= 0.6 is 23.1 Å². The Bertz CT molecular complexity index is 1500. The molecule has 198 valence electrons. The van der Waals surface area contributed by atoms with Crippen molar-refractivity contribution in [3.63, 3.8) is 0 Å². The van der Waals surface area contributed by atoms with Crippen molar-refractivity contribution in [1.82, 2.24) is 4.57 Å². The molecule has 0 unspecified atom stereocenters. The van der Waals surface area contributed by atoms with Crippen LogP contribution in [0, 0.1) is 13.8 Å². The lowest BCUT2D eigenvalue weighted by molar-refractivity contribution is -0.115. The molecule has 1 aliphatic carbocycles. The maximum absolute atomic E-state index is 13.4. The molecule has 0 radical (unpaired) electrons. The molecule has 0 saturated carbocycles. The fourth-order valence-corrected chi connectivity index (χ4v) is 7.44. The summed E-state index contributed by atoms with van der Waals surface area (Å²) in [5, 5.41) is 4.51. The minimum absolute atomic E-state index is 0.106. The number of rotatable bonds is 8. The Morgan fingerprint density at radius 3 is 2.74 bits per heavy atom. The Kier molecular flexibility index (Phi) is 7.96. The van der Waals surface area contributed by atoms with E-state index in [1.54, 1.807) is 11.8 Å². The molecule has 2 aromatic carbocycles. The molecule has 1 atom stereocenters. The first-order valence-corrected chi connectivity index (χ1v) is 15.0. The zero-order valence-electron chi connectivity index (χ0n) is 22.4. The molecule has 7 heteroatoms. The van der Waals surface area contributed by atoms with Gasteiger partial charge in [0.2, 0.25) is 5.91 Å². The molecule has 0 saturated heterocycles. The number of esters is 1. The van der Waals surface area contributed by atoms with Gasteiger partial charge in [0, 0.05) is 33.4 Å². The molecular formula is C31H34N2O3S2. The summed E-state index contributed by atoms with van der Waals surface area (Å²) in [5.74, 6) is -0.442. The summed E-state index contributed by atoms with van der Waals surface area (Å²) in [6.45, 7) is 9.10. The summed E-state index contributed by atoms with van der Waals surface area (Å²) in [6.07, 6.45) is 6.14. The van der Waals surface area contributed by atoms with Crippen LogP contribution in [0.2, 0.25) is 0 Å². The van der Waals surface area contributed by atoms with E-state index in [0.29, 0.717) is 17.2 Å². The van der Waals surface area contributed by atoms with Crippen LogP contribution in [0.1, 0.15) is 64.2 Å². The van der Waals surface area contributed by atoms with E-state index in [1.165, 1.54) is 32.9 Å². The molecule has 1 N–H and O–H groups in total. The highest BCUT2D eigenvalue weighted by Gasteiger charge is 2.28. The number of carbonyl (C=O) groups is 2. The molecule has 0 spiro atoms. The fourth-order valence-electron chi connectivity index (χ4n) is 5.12. The van der Waals surface area contributed by atoms with Gasteiger partial charge in [-0.3, -0.25) is 4.79 Å². The van der Waals surface area contributed by atoms with Gasteiger partial charge in [0.05, 0.1) is 17.4 Å². The largest absolute Gasteiger partial charge is 0.462 e. The third-order valence-corrected chi connectivity index (χ3v) is 9.51. The zero-order valence-corrected chi connectivity index (χ0v) is 24.1. The average Bonchev–Trinajstić information content (AvgIpc) is 3.44. The maximum Gasteiger partial charge on any atom is 0.341 e. The molecule has 1 aliphatic rings. The van der Waals surface area contributed by atoms with Crippen LogP contribution in [0.15, 0.2) is 53.6 Å². The standard InChI is InChI=1S/C31H34N2O3S2/c1-5-36-31(35)28-24-11-7-9-13-26(24)38-30(28)32-29(34)21(4)37-27-18-33(25-12-8-6-10-23(25)27)17-22-16-19(2)14-15-20(22)3/h6,8,10,12,14-16,18,21H,5,7,9,11,13,17H2,1-4H3,(H,32,34)/t21-/m1/s1. The summed E-state index contributed by atoms with van der Waals surface area (Å²) >= 11 is 3.09. The summed E-state index contributed by atoms with van der Waals surface area (Å²) < 4.78 is 7.63. The number of anilines is 1. The quantitative estimate of drug-likeness (QED) is 0.183. The average molecular weight is 547 g/mol. The number of nitrogens with zero attached hydrogens (tertiary/aromatic N) is 1. The van der Waals surface area contributed by atoms with Crippen LogP contribution in [0.5, 0.6) is 0 Å². The van der Waals surface area contributed by atoms with E-state index in [1.807, 2.05) is 19.9 Å². The summed E-state index contributed by atoms with van der Waals surface area (Å²) in [5.41, 5.74) is 6.58. The van der Waals surface area contributed by atoms with Crippen molar-refractivity contribution in [3.8, 4) is 0 Å². The van der Waals surface area contributed by atoms with Crippen molar-refractivity contribution in [2.45, 2.75) is 70.1 Å². The first kappa shape index (κ1) is 26.6. The molecule has 0 aliphatic heterocycles. The Morgan fingerprint density at radius 2 is 1.92 bits per heavy atom. The number of thioether (sulfide) groups is 1. The number of aryl methyl sites for hydroxylation is 3. The lowest BCUT2D eigenvalue weighted by Crippen LogP contribution is -2.23. The molecule has 0 fully saturated rings. The van der Waals surface area contributed by atoms with Crippen molar-refractivity contribution in [1.29, 1.82) is 0 Å². The number of hydrogen-bond donors (Lipinski definition) is 1. The predicted octanol–water partition coefficient (Wildman–Crippen LogP) is 7.54. The van der Waals surface area contributed by atoms with Gasteiger partial charge in [-0.1, -0.05) is 42.0 Å². The Hall–Kier alpha value is -3.03. The zero-order chi connectivity index (χ0) is 26.8. The van der Waals surface area contributed by atoms with Crippen molar-refractivity contribution in [2.24, 2.45) is 0 Å². The lowest BCUT2D eigenvalue weighted by atomic mass is 9.95. The molecule has 5 nitrogen and oxygen atoms in total. The van der Waals surface area contributed by atoms with Crippen LogP contribution in [0.25, 0.3) is 10.9 Å². The normalized spacial score (nSPS) is 13.8. The highest BCUT2D eigenvalue weighted by molar-refractivity contribution is 8.00. The summed E-state index contributed by atoms with van der Waals surface area (Å²) in [7, 11) is 0. The number of carbonyl (C=O) groups excluding carboxylic acids is 2. The SMILES string of the molecule is CCOC(=O)c1c(NC(=O)[C@@H](C)Sc2cn(Cc3cc(C)ccc3C)c3ccccc23)sc2c1CCCC2. The Balaban J connectivity index is 1.38. The number of para-hydroxylation sites is 1. The number of nitrogens with one attached hydrogen (secondary N) is 1. The van der Waals surface area contributed by atoms with Crippen LogP contribution < -0.4 is 5.32 Å². The number of fused-ring (bicyclic) bond motifs is 2. The van der Waals surface area contributed by atoms with E-state index < -0.39 is 0 Å². The van der Waals surface area contributed by atoms with Gasteiger partial charge in [-0.25, -0.2) is 4.79 Å². The van der Waals surface area contributed by atoms with E-state index in [4.69, 9.17) is 4.74 Å². The van der Waals surface area contributed by atoms with Gasteiger partial charge < -0.3 is 14.6 Å². The van der Waals surface area contributed by atoms with Crippen molar-refractivity contribution in [3.05, 3.63) is 81.4 Å². The second-order valence-corrected chi connectivity index (χ2v) is 12.4. The molecular weight excluding hydrogens is 512 g/mol. The van der Waals surface area contributed by atoms with Gasteiger partial charge in [0.15, 0.2) is 0 Å². The number of thiophene rings is 1. The maximum atomic E-state index is 13.4. The molecule has 0 bridgehead atoms. The number of benzene rings is 2. The molecule has 4 aromatic rings. The molecule has 2 heterocycles. The van der Waals surface area contributed by atoms with Crippen LogP contribution in [-0.2, 0) is 28.9 Å². The smallest absolute Gasteiger partial charge is 0.341 e. The monoisotopic (exact) mass is 546 g/mol. The molecule has 5 rings (SSSR count). The van der Waals surface area contributed by atoms with Crippen molar-refractivity contribution >= 4 is 50.9 Å². The number of amides is 1. The van der Waals surface area contributed by atoms with Gasteiger partial charge in [-0.05, 0) is 76.1 Å². The van der Waals surface area contributed by atoms with Crippen molar-refractivity contribution in [2.75, 3.05) is 11.9 Å². The second kappa shape index (κ2) is 11.4. The van der Waals surface area contributed by atoms with Crippen LogP contribution in [0.4, 0.5) is 5.00 Å². The number of hydrogen-bond acceptors (Lipinski definition) is 5. The predicted molar refractivity (Wildman–Crippen MR) is 158 cm³/mol. The van der Waals surface area contributed by atoms with Crippen LogP contribution in [-0.4, -0.2) is 28.3 Å². The van der Waals surface area contributed by atoms with E-state index in [9.17, 15) is 9.59 Å². The third-order valence-electron chi connectivity index (χ3n) is 7.16. The molecule has 2 aromatic heterocycles. The van der Waals surface area contributed by atoms with E-state index in [0.717, 1.165) is 53.6 Å². The second-order valence-electron chi connectivity index (χ2n) is 9.95. The highest BCUT2D eigenvalue weighted by Crippen LogP contribution is 2.40. The van der Waals surface area contributed by atoms with Crippen LogP contribution in [0.3, 0.4) is 0 Å². The topological polar surface area (TPSA) is 60.3 Å². The molecule has 38 heavy (non-hydrogen) atoms. The van der Waals surface area contributed by atoms with Gasteiger partial charge >= 0.3 is 5.97 Å². The van der Waals surface area contributed by atoms with Gasteiger partial charge in [0.25, 0.3) is 0 Å². The third kappa shape index (κ3) is 5.40. The summed E-state index contributed by atoms with van der Waals surface area (Å²) in [4.78, 5) is 28.5. The summed E-state index contributed by atoms with van der Waals surface area (Å²) in [6, 6.07) is 14.9. The first-order valence-electron chi connectivity index (χ1n) is 13.3. The highest BCUT2D eigenvalue weighted by atomic mass is 32.2. The van der Waals surface area contributed by atoms with Gasteiger partial charge in [0.1, 0.15) is 5.00 Å². The van der Waals surface area contributed by atoms with Crippen molar-refractivity contribution < 1.29 is 14.3 Å². The first-order chi connectivity index (χ1) is 18.4. The number of ether oxygens (including phenoxy) is 1. The lowest BCUT2D eigenvalue weighted by Gasteiger charge is -2.13. The van der Waals surface area contributed by atoms with E-state index in [2.05, 4.69) is 66.3 Å². The van der Waals surface area contributed by atoms with E-state index in [-0.39, 0.29) is 17.1 Å². The fraction of sp³-hybridized carbons (Fsp3) is 0.355. The van der Waals surface area contributed by atoms with E-state index >= 15 is 0 Å². The van der Waals surface area contributed by atoms with Gasteiger partial charge in [-0.15, -0.1) is 23.1 Å². The minimum Gasteiger partial charge on any atom is -0.462 e.